The maximum atomic E-state index is 14.8. The summed E-state index contributed by atoms with van der Waals surface area (Å²) in [6.45, 7) is 13.5. The fourth-order valence-electron chi connectivity index (χ4n) is 10.9. The number of hydrogen-bond donors (Lipinski definition) is 12. The monoisotopic (exact) mass is 1300 g/mol. The summed E-state index contributed by atoms with van der Waals surface area (Å²) < 4.78 is 0. The van der Waals surface area contributed by atoms with E-state index in [1.807, 2.05) is 38.1 Å². The number of carboxylic acids is 2. The largest absolute Gasteiger partial charge is 0.481 e. The average molecular weight is 1300 g/mol. The van der Waals surface area contributed by atoms with Crippen LogP contribution >= 0.6 is 0 Å². The Morgan fingerprint density at radius 1 is 0.516 bits per heavy atom. The maximum Gasteiger partial charge on any atom is 0.323 e. The van der Waals surface area contributed by atoms with E-state index in [-0.39, 0.29) is 57.4 Å². The predicted octanol–water partition coefficient (Wildman–Crippen LogP) is 6.36. The second-order valence-corrected chi connectivity index (χ2v) is 25.5. The predicted molar refractivity (Wildman–Crippen MR) is 358 cm³/mol. The Labute approximate surface area is 549 Å². The van der Waals surface area contributed by atoms with Crippen molar-refractivity contribution >= 4 is 76.0 Å². The smallest absolute Gasteiger partial charge is 0.323 e. The number of benzene rings is 2. The molecule has 0 radical (unpaired) electrons. The fourth-order valence-corrected chi connectivity index (χ4v) is 10.9. The highest BCUT2D eigenvalue weighted by molar-refractivity contribution is 6.02. The molecule has 0 fully saturated rings. The first-order valence-corrected chi connectivity index (χ1v) is 33.8. The number of carboxylic acid groups (broad SMARTS) is 2. The number of nitrogens with two attached hydrogens (primary N) is 2. The lowest BCUT2D eigenvalue weighted by Crippen LogP contribution is -2.61. The van der Waals surface area contributed by atoms with Crippen LogP contribution < -0.4 is 48.7 Å². The van der Waals surface area contributed by atoms with E-state index in [0.717, 1.165) is 43.0 Å². The lowest BCUT2D eigenvalue weighted by molar-refractivity contribution is -0.154. The average Bonchev–Trinajstić information content (AvgIpc) is 2.04. The number of aromatic nitrogens is 1. The van der Waals surface area contributed by atoms with E-state index >= 15 is 0 Å². The minimum Gasteiger partial charge on any atom is -0.481 e. The van der Waals surface area contributed by atoms with Crippen molar-refractivity contribution < 1.29 is 63.0 Å². The molecule has 0 aliphatic heterocycles. The van der Waals surface area contributed by atoms with Crippen molar-refractivity contribution in [3.8, 4) is 0 Å². The summed E-state index contributed by atoms with van der Waals surface area (Å²) in [5.74, 6) is -10.9. The normalized spacial score (nSPS) is 14.3. The van der Waals surface area contributed by atoms with Gasteiger partial charge in [0.2, 0.25) is 47.3 Å². The van der Waals surface area contributed by atoms with Gasteiger partial charge in [-0.1, -0.05) is 180 Å². The number of imide groups is 1. The molecule has 0 bridgehead atoms. The Bertz CT molecular complexity index is 2850. The van der Waals surface area contributed by atoms with Gasteiger partial charge in [-0.15, -0.1) is 0 Å². The molecule has 0 unspecified atom stereocenters. The van der Waals surface area contributed by atoms with Crippen LogP contribution in [0.25, 0.3) is 10.9 Å². The number of fused-ring (bicyclic) bond motifs is 1. The summed E-state index contributed by atoms with van der Waals surface area (Å²) in [6.07, 6.45) is 16.3. The Morgan fingerprint density at radius 2 is 1.04 bits per heavy atom. The number of para-hydroxylation sites is 1. The molecule has 0 spiro atoms. The highest BCUT2D eigenvalue weighted by atomic mass is 16.4. The molecular weight excluding hydrogens is 1190 g/mol. The zero-order valence-electron chi connectivity index (χ0n) is 56.3. The van der Waals surface area contributed by atoms with Gasteiger partial charge >= 0.3 is 11.9 Å². The van der Waals surface area contributed by atoms with Crippen LogP contribution in [0.15, 0.2) is 60.8 Å². The molecule has 518 valence electrons. The second kappa shape index (κ2) is 43.2. The van der Waals surface area contributed by atoms with Crippen molar-refractivity contribution in [2.24, 2.45) is 29.2 Å². The summed E-state index contributed by atoms with van der Waals surface area (Å²) in [5, 5.41) is 38.9. The number of carbonyl (C=O) groups is 11. The molecule has 0 saturated heterocycles. The molecular formula is C69H109N11O13. The van der Waals surface area contributed by atoms with E-state index in [9.17, 15) is 57.8 Å². The van der Waals surface area contributed by atoms with Crippen LogP contribution in [0.2, 0.25) is 0 Å². The molecule has 0 aliphatic carbocycles. The number of carbonyl (C=O) groups excluding carboxylic acids is 9. The molecule has 0 saturated carbocycles. The van der Waals surface area contributed by atoms with Gasteiger partial charge in [-0.25, -0.2) is 0 Å². The molecule has 24 nitrogen and oxygen atoms in total. The molecule has 9 atom stereocenters. The topological polar surface area (TPSA) is 384 Å². The van der Waals surface area contributed by atoms with Gasteiger partial charge in [0.1, 0.15) is 48.8 Å². The standard InChI is InChI=1S/C69H109N11O13/c1-9-11-12-13-14-15-16-17-18-19-20-21-25-35-57(81)80(43-59(84)85)69(93)53(34-28-29-38-70)74-67(91)60(45(5)6)78-65(89)54(39-44(3)4)77-64(88)56(41-49-42-72-52-33-27-26-32-50(49)52)75-62(86)47(8)73-68(92)61(46(7)10-2)79-66(90)55(40-48-30-23-22-24-31-48)76-63(87)51(71)36-37-58(82)83/h22-24,26-27,30-33,42,44-47,51,53-56,60-61,72H,9-21,25,28-29,34-41,43,70-71H2,1-8H3,(H,73,92)(H,74,91)(H,75,86)(H,76,87)(H,77,88)(H,78,89)(H,79,90)(H,82,83)(H,84,85)/t46-,47-,51-,53-,54-,55-,56-,60-,61-/m0/s1. The van der Waals surface area contributed by atoms with Crippen molar-refractivity contribution in [1.29, 1.82) is 0 Å². The molecule has 0 aliphatic rings. The van der Waals surface area contributed by atoms with Gasteiger partial charge in [-0.2, -0.15) is 0 Å². The molecule has 93 heavy (non-hydrogen) atoms. The summed E-state index contributed by atoms with van der Waals surface area (Å²) in [4.78, 5) is 155. The van der Waals surface area contributed by atoms with Crippen molar-refractivity contribution in [2.75, 3.05) is 13.1 Å². The molecule has 3 rings (SSSR count). The maximum absolute atomic E-state index is 14.8. The first kappa shape index (κ1) is 79.5. The van der Waals surface area contributed by atoms with Crippen LogP contribution in [0.1, 0.15) is 201 Å². The quantitative estimate of drug-likeness (QED) is 0.0274. The summed E-state index contributed by atoms with van der Waals surface area (Å²) in [6, 6.07) is 5.66. The van der Waals surface area contributed by atoms with Crippen molar-refractivity contribution in [3.05, 3.63) is 71.9 Å². The second-order valence-electron chi connectivity index (χ2n) is 25.5. The number of unbranched alkanes of at least 4 members (excludes halogenated alkanes) is 13. The highest BCUT2D eigenvalue weighted by Gasteiger charge is 2.38. The molecule has 24 heteroatoms. The zero-order chi connectivity index (χ0) is 69.0. The number of amides is 9. The first-order valence-electron chi connectivity index (χ1n) is 33.8. The Kier molecular flexibility index (Phi) is 37.0. The van der Waals surface area contributed by atoms with Gasteiger partial charge in [-0.05, 0) is 86.9 Å². The molecule has 3 aromatic rings. The Morgan fingerprint density at radius 3 is 1.62 bits per heavy atom. The summed E-state index contributed by atoms with van der Waals surface area (Å²) >= 11 is 0. The van der Waals surface area contributed by atoms with E-state index < -0.39 is 132 Å². The number of aromatic amines is 1. The van der Waals surface area contributed by atoms with Crippen LogP contribution in [0.5, 0.6) is 0 Å². The van der Waals surface area contributed by atoms with Crippen molar-refractivity contribution in [3.63, 3.8) is 0 Å². The molecule has 2 aromatic carbocycles. The Balaban J connectivity index is 1.84. The number of rotatable bonds is 47. The van der Waals surface area contributed by atoms with Crippen LogP contribution in [0.4, 0.5) is 0 Å². The Hall–Kier alpha value is -7.73. The van der Waals surface area contributed by atoms with Gasteiger partial charge in [-0.3, -0.25) is 57.6 Å². The zero-order valence-corrected chi connectivity index (χ0v) is 56.3. The van der Waals surface area contributed by atoms with Gasteiger partial charge < -0.3 is 63.9 Å². The van der Waals surface area contributed by atoms with Crippen molar-refractivity contribution in [2.45, 2.75) is 251 Å². The third kappa shape index (κ3) is 29.4. The number of nitrogens with zero attached hydrogens (tertiary/aromatic N) is 1. The number of hydrogen-bond acceptors (Lipinski definition) is 13. The van der Waals surface area contributed by atoms with E-state index in [4.69, 9.17) is 16.6 Å². The number of H-pyrrole nitrogens is 1. The van der Waals surface area contributed by atoms with Crippen LogP contribution in [-0.4, -0.2) is 147 Å². The lowest BCUT2D eigenvalue weighted by atomic mass is 9.96. The van der Waals surface area contributed by atoms with Crippen LogP contribution in [0, 0.1) is 17.8 Å². The summed E-state index contributed by atoms with van der Waals surface area (Å²) in [7, 11) is 0. The highest BCUT2D eigenvalue weighted by Crippen LogP contribution is 2.21. The third-order valence-corrected chi connectivity index (χ3v) is 16.7. The molecule has 9 amide bonds. The van der Waals surface area contributed by atoms with Crippen LogP contribution in [0.3, 0.4) is 0 Å². The summed E-state index contributed by atoms with van der Waals surface area (Å²) in [5.41, 5.74) is 13.8. The number of aliphatic carboxylic acids is 2. The number of nitrogens with one attached hydrogen (secondary N) is 8. The minimum absolute atomic E-state index is 0.0102. The first-order chi connectivity index (χ1) is 44.3. The SMILES string of the molecule is CCCCCCCCCCCCCCCC(=O)N(CC(=O)O)C(=O)[C@H](CCCCN)NC(=O)[C@@H](NC(=O)[C@H](CC(C)C)NC(=O)[C@H](Cc1c[nH]c2ccccc12)NC(=O)[C@H](C)NC(=O)[C@@H](NC(=O)[C@H](Cc1ccccc1)NC(=O)[C@@H](N)CCC(=O)O)[C@@H](C)CC)C(C)C. The van der Waals surface area contributed by atoms with Gasteiger partial charge in [0.15, 0.2) is 0 Å². The molecule has 1 heterocycles. The third-order valence-electron chi connectivity index (χ3n) is 16.7. The van der Waals surface area contributed by atoms with E-state index in [0.29, 0.717) is 41.7 Å². The fraction of sp³-hybridized carbons (Fsp3) is 0.638. The minimum atomic E-state index is -1.41. The van der Waals surface area contributed by atoms with Gasteiger partial charge in [0.25, 0.3) is 5.91 Å². The molecule has 1 aromatic heterocycles. The lowest BCUT2D eigenvalue weighted by Gasteiger charge is -2.30. The van der Waals surface area contributed by atoms with E-state index in [1.165, 1.54) is 51.9 Å². The van der Waals surface area contributed by atoms with Crippen molar-refractivity contribution in [1.82, 2.24) is 47.1 Å². The van der Waals surface area contributed by atoms with Crippen LogP contribution in [-0.2, 0) is 65.6 Å². The van der Waals surface area contributed by atoms with E-state index in [2.05, 4.69) is 49.1 Å². The van der Waals surface area contributed by atoms with E-state index in [1.54, 1.807) is 64.2 Å². The van der Waals surface area contributed by atoms with Gasteiger partial charge in [0.05, 0.1) is 6.04 Å². The molecule has 14 N–H and O–H groups in total. The van der Waals surface area contributed by atoms with Gasteiger partial charge in [0, 0.05) is 42.8 Å².